The maximum Gasteiger partial charge on any atom is 0.254 e. The highest BCUT2D eigenvalue weighted by Crippen LogP contribution is 2.16. The van der Waals surface area contributed by atoms with Crippen LogP contribution in [0.5, 0.6) is 5.75 Å². The summed E-state index contributed by atoms with van der Waals surface area (Å²) >= 11 is 0. The van der Waals surface area contributed by atoms with Gasteiger partial charge in [0.1, 0.15) is 11.6 Å². The molecule has 2 N–H and O–H groups in total. The molecule has 0 unspecified atom stereocenters. The molecule has 1 saturated heterocycles. The molecule has 1 fully saturated rings. The summed E-state index contributed by atoms with van der Waals surface area (Å²) in [6.45, 7) is 9.10. The predicted octanol–water partition coefficient (Wildman–Crippen LogP) is 1.99. The molecule has 8 nitrogen and oxygen atoms in total. The number of carbonyl (C=O) groups excluding carboxylic acids is 2. The van der Waals surface area contributed by atoms with Crippen LogP contribution < -0.4 is 5.43 Å². The summed E-state index contributed by atoms with van der Waals surface area (Å²) < 4.78 is 13.2. The molecule has 0 spiro atoms. The van der Waals surface area contributed by atoms with Crippen molar-refractivity contribution in [3.05, 3.63) is 70.8 Å². The Hall–Kier alpha value is -3.77. The highest BCUT2D eigenvalue weighted by Gasteiger charge is 2.23. The van der Waals surface area contributed by atoms with Crippen LogP contribution in [0.4, 0.5) is 10.1 Å². The number of benzene rings is 2. The van der Waals surface area contributed by atoms with Crippen LogP contribution in [0.1, 0.15) is 15.9 Å². The van der Waals surface area contributed by atoms with Gasteiger partial charge in [0.15, 0.2) is 5.69 Å². The third kappa shape index (κ3) is 5.40. The molecule has 2 aromatic carbocycles. The van der Waals surface area contributed by atoms with Crippen LogP contribution in [0, 0.1) is 12.4 Å². The molecule has 2 amide bonds. The number of halogens is 1. The molecule has 0 aliphatic carbocycles. The number of hydrogen-bond acceptors (Lipinski definition) is 5. The van der Waals surface area contributed by atoms with E-state index in [1.165, 1.54) is 12.3 Å². The second kappa shape index (κ2) is 9.62. The molecular weight excluding hydrogens is 389 g/mol. The van der Waals surface area contributed by atoms with Gasteiger partial charge in [-0.15, -0.1) is 0 Å². The van der Waals surface area contributed by atoms with Crippen LogP contribution >= 0.6 is 0 Å². The standard InChI is InChI=1S/C21H20FN5O3/c1-23-18-5-2-15(3-6-18)21(30)27-10-8-26(9-11-27)14-20(29)25-24-13-16-12-17(22)4-7-19(16)28/h2-7,12-13,28H,8-11,14H2,(H,25,29)/b24-13+. The van der Waals surface area contributed by atoms with Crippen LogP contribution in [0.15, 0.2) is 47.6 Å². The van der Waals surface area contributed by atoms with Crippen molar-refractivity contribution in [3.63, 3.8) is 0 Å². The van der Waals surface area contributed by atoms with Gasteiger partial charge in [-0.25, -0.2) is 14.7 Å². The molecule has 0 aromatic heterocycles. The van der Waals surface area contributed by atoms with Gasteiger partial charge in [0.2, 0.25) is 0 Å². The smallest absolute Gasteiger partial charge is 0.254 e. The molecule has 1 aliphatic rings. The molecule has 0 atom stereocenters. The fraction of sp³-hybridized carbons (Fsp3) is 0.238. The van der Waals surface area contributed by atoms with E-state index in [1.54, 1.807) is 29.2 Å². The molecule has 0 bridgehead atoms. The third-order valence-corrected chi connectivity index (χ3v) is 4.65. The Labute approximate surface area is 173 Å². The minimum atomic E-state index is -0.518. The van der Waals surface area contributed by atoms with Gasteiger partial charge in [-0.05, 0) is 18.2 Å². The SMILES string of the molecule is [C-]#[N+]c1ccc(C(=O)N2CCN(CC(=O)N/N=C/c3cc(F)ccc3O)CC2)cc1. The van der Waals surface area contributed by atoms with Crippen LogP contribution in [0.25, 0.3) is 4.85 Å². The summed E-state index contributed by atoms with van der Waals surface area (Å²) in [5, 5.41) is 13.4. The number of hydrogen-bond donors (Lipinski definition) is 2. The zero-order chi connectivity index (χ0) is 21.5. The van der Waals surface area contributed by atoms with E-state index in [1.807, 2.05) is 4.90 Å². The van der Waals surface area contributed by atoms with Gasteiger partial charge in [-0.3, -0.25) is 14.5 Å². The largest absolute Gasteiger partial charge is 0.507 e. The number of nitrogens with one attached hydrogen (secondary N) is 1. The van der Waals surface area contributed by atoms with Gasteiger partial charge in [0.25, 0.3) is 11.8 Å². The van der Waals surface area contributed by atoms with Crippen LogP contribution in [0.3, 0.4) is 0 Å². The van der Waals surface area contributed by atoms with Crippen molar-refractivity contribution in [2.75, 3.05) is 32.7 Å². The molecule has 2 aromatic rings. The Morgan fingerprint density at radius 2 is 1.87 bits per heavy atom. The molecule has 3 rings (SSSR count). The van der Waals surface area contributed by atoms with Gasteiger partial charge in [-0.2, -0.15) is 5.10 Å². The van der Waals surface area contributed by atoms with Crippen molar-refractivity contribution in [1.29, 1.82) is 0 Å². The van der Waals surface area contributed by atoms with E-state index in [-0.39, 0.29) is 29.7 Å². The number of rotatable bonds is 5. The Morgan fingerprint density at radius 3 is 2.53 bits per heavy atom. The number of hydrazone groups is 1. The molecule has 1 aliphatic heterocycles. The maximum absolute atomic E-state index is 13.2. The lowest BCUT2D eigenvalue weighted by Crippen LogP contribution is -2.50. The summed E-state index contributed by atoms with van der Waals surface area (Å²) in [6, 6.07) is 9.96. The van der Waals surface area contributed by atoms with Gasteiger partial charge in [-0.1, -0.05) is 24.3 Å². The van der Waals surface area contributed by atoms with Crippen LogP contribution in [-0.2, 0) is 4.79 Å². The van der Waals surface area contributed by atoms with E-state index in [4.69, 9.17) is 6.57 Å². The summed E-state index contributed by atoms with van der Waals surface area (Å²) in [6.07, 6.45) is 1.17. The first-order chi connectivity index (χ1) is 14.5. The fourth-order valence-corrected chi connectivity index (χ4v) is 3.01. The zero-order valence-corrected chi connectivity index (χ0v) is 16.1. The number of amides is 2. The summed E-state index contributed by atoms with van der Waals surface area (Å²) in [5.74, 6) is -1.11. The average molecular weight is 409 g/mol. The molecule has 154 valence electrons. The highest BCUT2D eigenvalue weighted by atomic mass is 19.1. The van der Waals surface area contributed by atoms with Gasteiger partial charge < -0.3 is 10.0 Å². The number of phenols is 1. The van der Waals surface area contributed by atoms with Crippen LogP contribution in [-0.4, -0.2) is 65.7 Å². The van der Waals surface area contributed by atoms with E-state index in [0.29, 0.717) is 37.4 Å². The number of nitrogens with zero attached hydrogens (tertiary/aromatic N) is 4. The molecule has 1 heterocycles. The molecule has 30 heavy (non-hydrogen) atoms. The zero-order valence-electron chi connectivity index (χ0n) is 16.1. The Bertz CT molecular complexity index is 993. The topological polar surface area (TPSA) is 89.6 Å². The maximum atomic E-state index is 13.2. The number of piperazine rings is 1. The summed E-state index contributed by atoms with van der Waals surface area (Å²) in [4.78, 5) is 31.5. The molecule has 9 heteroatoms. The van der Waals surface area contributed by atoms with Crippen molar-refractivity contribution in [3.8, 4) is 5.75 Å². The monoisotopic (exact) mass is 409 g/mol. The Morgan fingerprint density at radius 1 is 1.17 bits per heavy atom. The highest BCUT2D eigenvalue weighted by molar-refractivity contribution is 5.94. The van der Waals surface area contributed by atoms with Crippen molar-refractivity contribution in [1.82, 2.24) is 15.2 Å². The lowest BCUT2D eigenvalue weighted by atomic mass is 10.1. The van der Waals surface area contributed by atoms with Gasteiger partial charge in [0, 0.05) is 37.3 Å². The second-order valence-electron chi connectivity index (χ2n) is 6.72. The number of phenolic OH excluding ortho intramolecular Hbond substituents is 1. The summed E-state index contributed by atoms with van der Waals surface area (Å²) in [5.41, 5.74) is 3.52. The normalized spacial score (nSPS) is 14.5. The minimum Gasteiger partial charge on any atom is -0.507 e. The molecular formula is C21H20FN5O3. The first kappa shape index (κ1) is 21.0. The van der Waals surface area contributed by atoms with Crippen LogP contribution in [0.2, 0.25) is 0 Å². The lowest BCUT2D eigenvalue weighted by molar-refractivity contribution is -0.122. The van der Waals surface area contributed by atoms with Gasteiger partial charge >= 0.3 is 0 Å². The fourth-order valence-electron chi connectivity index (χ4n) is 3.01. The first-order valence-electron chi connectivity index (χ1n) is 9.26. The predicted molar refractivity (Wildman–Crippen MR) is 109 cm³/mol. The van der Waals surface area contributed by atoms with Crippen molar-refractivity contribution < 1.29 is 19.1 Å². The molecule has 0 saturated carbocycles. The van der Waals surface area contributed by atoms with E-state index < -0.39 is 5.82 Å². The van der Waals surface area contributed by atoms with E-state index in [0.717, 1.165) is 12.1 Å². The van der Waals surface area contributed by atoms with E-state index in [9.17, 15) is 19.1 Å². The Kier molecular flexibility index (Phi) is 6.72. The van der Waals surface area contributed by atoms with Crippen molar-refractivity contribution >= 4 is 23.7 Å². The minimum absolute atomic E-state index is 0.102. The number of carbonyl (C=O) groups is 2. The lowest BCUT2D eigenvalue weighted by Gasteiger charge is -2.34. The average Bonchev–Trinajstić information content (AvgIpc) is 2.76. The third-order valence-electron chi connectivity index (χ3n) is 4.65. The first-order valence-corrected chi connectivity index (χ1v) is 9.26. The second-order valence-corrected chi connectivity index (χ2v) is 6.72. The van der Waals surface area contributed by atoms with E-state index in [2.05, 4.69) is 15.4 Å². The quantitative estimate of drug-likeness (QED) is 0.449. The molecule has 0 radical (unpaired) electrons. The summed E-state index contributed by atoms with van der Waals surface area (Å²) in [7, 11) is 0. The van der Waals surface area contributed by atoms with Crippen molar-refractivity contribution in [2.24, 2.45) is 5.10 Å². The Balaban J connectivity index is 1.45. The van der Waals surface area contributed by atoms with E-state index >= 15 is 0 Å². The van der Waals surface area contributed by atoms with Gasteiger partial charge in [0.05, 0.1) is 19.3 Å². The van der Waals surface area contributed by atoms with Crippen molar-refractivity contribution in [2.45, 2.75) is 0 Å². The number of aromatic hydroxyl groups is 1.